The molecule has 1 aromatic heterocycles. The van der Waals surface area contributed by atoms with Crippen molar-refractivity contribution >= 4 is 6.03 Å². The number of benzene rings is 1. The summed E-state index contributed by atoms with van der Waals surface area (Å²) in [6, 6.07) is 7.17. The molecule has 0 spiro atoms. The second-order valence-electron chi connectivity index (χ2n) is 7.51. The molecule has 2 rings (SSSR count). The maximum absolute atomic E-state index is 12.5. The number of aliphatic hydroxyl groups is 1. The summed E-state index contributed by atoms with van der Waals surface area (Å²) in [5.41, 5.74) is 2.82. The van der Waals surface area contributed by atoms with Crippen molar-refractivity contribution in [1.82, 2.24) is 20.4 Å². The van der Waals surface area contributed by atoms with Crippen LogP contribution in [0.1, 0.15) is 49.5 Å². The second kappa shape index (κ2) is 7.70. The van der Waals surface area contributed by atoms with Crippen LogP contribution in [0, 0.1) is 12.3 Å². The van der Waals surface area contributed by atoms with Gasteiger partial charge in [0.2, 0.25) is 0 Å². The molecule has 0 saturated carbocycles. The molecule has 0 fully saturated rings. The minimum Gasteiger partial charge on any atom is -0.394 e. The Morgan fingerprint density at radius 2 is 2.00 bits per heavy atom. The molecule has 2 atom stereocenters. The zero-order valence-corrected chi connectivity index (χ0v) is 15.6. The first-order valence-electron chi connectivity index (χ1n) is 8.43. The molecule has 1 heterocycles. The SMILES string of the molecule is Cc1cccc([C@H](NC(=O)N[C@@H](CO)c2cnn(C)c2)C(C)(C)C)c1. The summed E-state index contributed by atoms with van der Waals surface area (Å²) < 4.78 is 1.64. The Kier molecular flexibility index (Phi) is 5.85. The van der Waals surface area contributed by atoms with E-state index in [1.807, 2.05) is 25.1 Å². The van der Waals surface area contributed by atoms with E-state index in [0.717, 1.165) is 16.7 Å². The molecule has 2 amide bonds. The molecule has 1 aromatic carbocycles. The molecule has 0 aliphatic rings. The van der Waals surface area contributed by atoms with E-state index in [0.29, 0.717) is 0 Å². The van der Waals surface area contributed by atoms with Gasteiger partial charge in [-0.3, -0.25) is 4.68 Å². The predicted molar refractivity (Wildman–Crippen MR) is 98.1 cm³/mol. The molecule has 3 N–H and O–H groups in total. The minimum atomic E-state index is -0.494. The van der Waals surface area contributed by atoms with Gasteiger partial charge in [-0.1, -0.05) is 50.6 Å². The van der Waals surface area contributed by atoms with Crippen molar-refractivity contribution in [2.45, 2.75) is 39.8 Å². The molecule has 0 radical (unpaired) electrons. The largest absolute Gasteiger partial charge is 0.394 e. The van der Waals surface area contributed by atoms with Crippen LogP contribution >= 0.6 is 0 Å². The number of nitrogens with one attached hydrogen (secondary N) is 2. The number of aryl methyl sites for hydroxylation is 2. The van der Waals surface area contributed by atoms with Crippen molar-refractivity contribution in [2.24, 2.45) is 12.5 Å². The molecule has 25 heavy (non-hydrogen) atoms. The molecular weight excluding hydrogens is 316 g/mol. The van der Waals surface area contributed by atoms with Crippen LogP contribution in [0.4, 0.5) is 4.79 Å². The minimum absolute atomic E-state index is 0.152. The normalized spacial score (nSPS) is 14.0. The molecule has 2 aromatic rings. The number of rotatable bonds is 5. The van der Waals surface area contributed by atoms with E-state index in [2.05, 4.69) is 42.6 Å². The topological polar surface area (TPSA) is 79.2 Å². The van der Waals surface area contributed by atoms with Crippen LogP contribution in [-0.4, -0.2) is 27.5 Å². The van der Waals surface area contributed by atoms with Gasteiger partial charge in [0.05, 0.1) is 24.9 Å². The third kappa shape index (κ3) is 5.06. The van der Waals surface area contributed by atoms with E-state index in [1.54, 1.807) is 24.1 Å². The number of amides is 2. The van der Waals surface area contributed by atoms with Crippen LogP contribution in [0.25, 0.3) is 0 Å². The third-order valence-corrected chi connectivity index (χ3v) is 4.13. The number of urea groups is 1. The lowest BCUT2D eigenvalue weighted by molar-refractivity contribution is 0.201. The van der Waals surface area contributed by atoms with Crippen LogP contribution in [0.5, 0.6) is 0 Å². The van der Waals surface area contributed by atoms with Crippen LogP contribution in [0.3, 0.4) is 0 Å². The molecule has 6 heteroatoms. The van der Waals surface area contributed by atoms with Gasteiger partial charge in [0, 0.05) is 18.8 Å². The maximum atomic E-state index is 12.5. The van der Waals surface area contributed by atoms with Crippen molar-refractivity contribution in [1.29, 1.82) is 0 Å². The Morgan fingerprint density at radius 3 is 2.52 bits per heavy atom. The third-order valence-electron chi connectivity index (χ3n) is 4.13. The second-order valence-corrected chi connectivity index (χ2v) is 7.51. The van der Waals surface area contributed by atoms with Gasteiger partial charge < -0.3 is 15.7 Å². The number of hydrogen-bond donors (Lipinski definition) is 3. The molecule has 0 bridgehead atoms. The fourth-order valence-electron chi connectivity index (χ4n) is 2.83. The molecule has 0 aliphatic carbocycles. The summed E-state index contributed by atoms with van der Waals surface area (Å²) in [5, 5.41) is 19.6. The number of aliphatic hydroxyl groups excluding tert-OH is 1. The van der Waals surface area contributed by atoms with E-state index in [-0.39, 0.29) is 24.1 Å². The van der Waals surface area contributed by atoms with Crippen molar-refractivity contribution < 1.29 is 9.90 Å². The average Bonchev–Trinajstić information content (AvgIpc) is 2.95. The summed E-state index contributed by atoms with van der Waals surface area (Å²) in [6.45, 7) is 8.11. The van der Waals surface area contributed by atoms with E-state index in [1.165, 1.54) is 0 Å². The van der Waals surface area contributed by atoms with Gasteiger partial charge in [-0.05, 0) is 17.9 Å². The average molecular weight is 344 g/mol. The van der Waals surface area contributed by atoms with Crippen molar-refractivity contribution in [3.8, 4) is 0 Å². The summed E-state index contributed by atoms with van der Waals surface area (Å²) in [5.74, 6) is 0. The Balaban J connectivity index is 2.14. The first-order valence-corrected chi connectivity index (χ1v) is 8.43. The van der Waals surface area contributed by atoms with Gasteiger partial charge >= 0.3 is 6.03 Å². The van der Waals surface area contributed by atoms with E-state index >= 15 is 0 Å². The Labute approximate surface area is 149 Å². The summed E-state index contributed by atoms with van der Waals surface area (Å²) in [7, 11) is 1.80. The molecule has 136 valence electrons. The van der Waals surface area contributed by atoms with Gasteiger partial charge in [0.25, 0.3) is 0 Å². The monoisotopic (exact) mass is 344 g/mol. The molecule has 0 saturated heterocycles. The van der Waals surface area contributed by atoms with Crippen molar-refractivity contribution in [3.63, 3.8) is 0 Å². The number of carbonyl (C=O) groups is 1. The first kappa shape index (κ1) is 19.0. The Morgan fingerprint density at radius 1 is 1.28 bits per heavy atom. The highest BCUT2D eigenvalue weighted by Crippen LogP contribution is 2.33. The van der Waals surface area contributed by atoms with E-state index in [4.69, 9.17) is 0 Å². The lowest BCUT2D eigenvalue weighted by Crippen LogP contribution is -2.44. The number of nitrogens with zero attached hydrogens (tertiary/aromatic N) is 2. The fourth-order valence-corrected chi connectivity index (χ4v) is 2.83. The van der Waals surface area contributed by atoms with E-state index < -0.39 is 6.04 Å². The number of carbonyl (C=O) groups excluding carboxylic acids is 1. The molecule has 0 unspecified atom stereocenters. The first-order chi connectivity index (χ1) is 11.7. The zero-order valence-electron chi connectivity index (χ0n) is 15.6. The Bertz CT molecular complexity index is 718. The number of hydrogen-bond acceptors (Lipinski definition) is 3. The van der Waals surface area contributed by atoms with Crippen molar-refractivity contribution in [3.05, 3.63) is 53.3 Å². The smallest absolute Gasteiger partial charge is 0.315 e. The van der Waals surface area contributed by atoms with Gasteiger partial charge in [-0.2, -0.15) is 5.10 Å². The molecule has 6 nitrogen and oxygen atoms in total. The molecular formula is C19H28N4O2. The standard InChI is InChI=1S/C19H28N4O2/c1-13-7-6-8-14(9-13)17(19(2,3)4)22-18(25)21-16(12-24)15-10-20-23(5)11-15/h6-11,16-17,24H,12H2,1-5H3,(H2,21,22,25)/t16-,17-/m0/s1. The van der Waals surface area contributed by atoms with Crippen molar-refractivity contribution in [2.75, 3.05) is 6.61 Å². The van der Waals surface area contributed by atoms with Gasteiger partial charge in [0.1, 0.15) is 0 Å². The van der Waals surface area contributed by atoms with Crippen LogP contribution in [0.15, 0.2) is 36.7 Å². The quantitative estimate of drug-likeness (QED) is 0.780. The predicted octanol–water partition coefficient (Wildman–Crippen LogP) is 2.85. The van der Waals surface area contributed by atoms with Crippen LogP contribution in [-0.2, 0) is 7.05 Å². The Hall–Kier alpha value is -2.34. The summed E-state index contributed by atoms with van der Waals surface area (Å²) in [4.78, 5) is 12.5. The summed E-state index contributed by atoms with van der Waals surface area (Å²) >= 11 is 0. The summed E-state index contributed by atoms with van der Waals surface area (Å²) in [6.07, 6.45) is 3.42. The lowest BCUT2D eigenvalue weighted by Gasteiger charge is -2.32. The molecule has 0 aliphatic heterocycles. The highest BCUT2D eigenvalue weighted by atomic mass is 16.3. The van der Waals surface area contributed by atoms with Gasteiger partial charge in [0.15, 0.2) is 0 Å². The fraction of sp³-hybridized carbons (Fsp3) is 0.474. The maximum Gasteiger partial charge on any atom is 0.315 e. The van der Waals surface area contributed by atoms with Gasteiger partial charge in [-0.15, -0.1) is 0 Å². The van der Waals surface area contributed by atoms with E-state index in [9.17, 15) is 9.90 Å². The zero-order chi connectivity index (χ0) is 18.6. The highest BCUT2D eigenvalue weighted by molar-refractivity contribution is 5.75. The van der Waals surface area contributed by atoms with Gasteiger partial charge in [-0.25, -0.2) is 4.79 Å². The van der Waals surface area contributed by atoms with Crippen LogP contribution < -0.4 is 10.6 Å². The van der Waals surface area contributed by atoms with Crippen LogP contribution in [0.2, 0.25) is 0 Å². The highest BCUT2D eigenvalue weighted by Gasteiger charge is 2.28. The number of aromatic nitrogens is 2. The lowest BCUT2D eigenvalue weighted by atomic mass is 9.82.